The Kier molecular flexibility index (Phi) is 4.45. The van der Waals surface area contributed by atoms with Crippen LogP contribution in [0.4, 0.5) is 5.69 Å². The van der Waals surface area contributed by atoms with Gasteiger partial charge in [-0.25, -0.2) is 0 Å². The lowest BCUT2D eigenvalue weighted by Crippen LogP contribution is -2.12. The Morgan fingerprint density at radius 3 is 2.38 bits per heavy atom. The van der Waals surface area contributed by atoms with Gasteiger partial charge in [0.15, 0.2) is 0 Å². The number of hydrogen-bond acceptors (Lipinski definition) is 2. The lowest BCUT2D eigenvalue weighted by molar-refractivity contribution is 0.102. The van der Waals surface area contributed by atoms with E-state index >= 15 is 0 Å². The molecule has 1 aromatic heterocycles. The van der Waals surface area contributed by atoms with Crippen LogP contribution in [0, 0.1) is 20.8 Å². The largest absolute Gasteiger partial charge is 0.461 e. The fourth-order valence-electron chi connectivity index (χ4n) is 2.49. The normalized spacial score (nSPS) is 10.7. The van der Waals surface area contributed by atoms with Crippen molar-refractivity contribution in [3.8, 4) is 11.3 Å². The summed E-state index contributed by atoms with van der Waals surface area (Å²) >= 11 is 6.01. The highest BCUT2D eigenvalue weighted by Gasteiger charge is 2.16. The molecule has 1 N–H and O–H groups in total. The average molecular weight is 340 g/mol. The second-order valence-corrected chi connectivity index (χ2v) is 6.27. The van der Waals surface area contributed by atoms with Gasteiger partial charge in [-0.3, -0.25) is 4.79 Å². The van der Waals surface area contributed by atoms with E-state index in [1.165, 1.54) is 5.56 Å². The minimum Gasteiger partial charge on any atom is -0.461 e. The molecule has 3 aromatic rings. The first-order chi connectivity index (χ1) is 11.4. The Morgan fingerprint density at radius 2 is 1.71 bits per heavy atom. The number of hydrogen-bond donors (Lipinski definition) is 1. The number of amides is 1. The molecule has 0 spiro atoms. The Labute approximate surface area is 146 Å². The molecule has 0 aliphatic heterocycles. The number of benzene rings is 2. The molecule has 0 bridgehead atoms. The summed E-state index contributed by atoms with van der Waals surface area (Å²) in [4.78, 5) is 12.5. The van der Waals surface area contributed by atoms with Crippen LogP contribution in [-0.2, 0) is 0 Å². The molecule has 24 heavy (non-hydrogen) atoms. The molecule has 0 fully saturated rings. The first-order valence-corrected chi connectivity index (χ1v) is 8.07. The molecule has 0 aliphatic carbocycles. The number of carbonyl (C=O) groups excluding carboxylic acids is 1. The number of aryl methyl sites for hydroxylation is 3. The maximum Gasteiger partial charge on any atom is 0.259 e. The quantitative estimate of drug-likeness (QED) is 0.657. The number of halogens is 1. The number of rotatable bonds is 3. The molecule has 0 saturated heterocycles. The van der Waals surface area contributed by atoms with Gasteiger partial charge in [0.25, 0.3) is 5.91 Å². The van der Waals surface area contributed by atoms with Gasteiger partial charge in [0.1, 0.15) is 11.5 Å². The second kappa shape index (κ2) is 6.54. The molecule has 3 nitrogen and oxygen atoms in total. The standard InChI is InChI=1S/C20H18ClNO2/c1-12-4-6-15(7-5-12)19-11-17(14(3)24-19)20(23)22-16-8-9-18(21)13(2)10-16/h4-11H,1-3H3,(H,22,23). The molecule has 1 heterocycles. The molecular weight excluding hydrogens is 322 g/mol. The van der Waals surface area contributed by atoms with E-state index in [-0.39, 0.29) is 5.91 Å². The van der Waals surface area contributed by atoms with Crippen LogP contribution in [0.1, 0.15) is 27.2 Å². The minimum atomic E-state index is -0.198. The monoisotopic (exact) mass is 339 g/mol. The van der Waals surface area contributed by atoms with Crippen LogP contribution >= 0.6 is 11.6 Å². The van der Waals surface area contributed by atoms with Crippen LogP contribution < -0.4 is 5.32 Å². The zero-order valence-electron chi connectivity index (χ0n) is 13.8. The van der Waals surface area contributed by atoms with Gasteiger partial charge in [0, 0.05) is 16.3 Å². The fourth-order valence-corrected chi connectivity index (χ4v) is 2.61. The summed E-state index contributed by atoms with van der Waals surface area (Å²) in [5.74, 6) is 1.08. The highest BCUT2D eigenvalue weighted by atomic mass is 35.5. The van der Waals surface area contributed by atoms with E-state index in [4.69, 9.17) is 16.0 Å². The molecule has 122 valence electrons. The Hall–Kier alpha value is -2.52. The van der Waals surface area contributed by atoms with Crippen LogP contribution in [0.25, 0.3) is 11.3 Å². The lowest BCUT2D eigenvalue weighted by atomic mass is 10.1. The number of anilines is 1. The molecule has 0 unspecified atom stereocenters. The third-order valence-electron chi connectivity index (χ3n) is 3.91. The van der Waals surface area contributed by atoms with Gasteiger partial charge >= 0.3 is 0 Å². The summed E-state index contributed by atoms with van der Waals surface area (Å²) in [6.07, 6.45) is 0. The minimum absolute atomic E-state index is 0.198. The van der Waals surface area contributed by atoms with Crippen LogP contribution in [0.5, 0.6) is 0 Å². The topological polar surface area (TPSA) is 42.2 Å². The SMILES string of the molecule is Cc1ccc(-c2cc(C(=O)Nc3ccc(Cl)c(C)c3)c(C)o2)cc1. The van der Waals surface area contributed by atoms with Crippen LogP contribution in [0.3, 0.4) is 0 Å². The highest BCUT2D eigenvalue weighted by Crippen LogP contribution is 2.27. The number of carbonyl (C=O) groups is 1. The smallest absolute Gasteiger partial charge is 0.259 e. The van der Waals surface area contributed by atoms with Gasteiger partial charge in [-0.2, -0.15) is 0 Å². The molecule has 1 amide bonds. The molecular formula is C20H18ClNO2. The van der Waals surface area contributed by atoms with Gasteiger partial charge in [0.05, 0.1) is 5.56 Å². The van der Waals surface area contributed by atoms with Crippen molar-refractivity contribution >= 4 is 23.2 Å². The predicted octanol–water partition coefficient (Wildman–Crippen LogP) is 5.78. The summed E-state index contributed by atoms with van der Waals surface area (Å²) in [6, 6.07) is 15.2. The van der Waals surface area contributed by atoms with E-state index in [0.29, 0.717) is 27.8 Å². The molecule has 0 aliphatic rings. The van der Waals surface area contributed by atoms with Gasteiger partial charge in [-0.05, 0) is 50.6 Å². The van der Waals surface area contributed by atoms with E-state index in [1.807, 2.05) is 44.2 Å². The van der Waals surface area contributed by atoms with E-state index in [9.17, 15) is 4.79 Å². The summed E-state index contributed by atoms with van der Waals surface area (Å²) in [5.41, 5.74) is 4.28. The van der Waals surface area contributed by atoms with Gasteiger partial charge in [0.2, 0.25) is 0 Å². The second-order valence-electron chi connectivity index (χ2n) is 5.86. The molecule has 0 radical (unpaired) electrons. The van der Waals surface area contributed by atoms with Crippen molar-refractivity contribution < 1.29 is 9.21 Å². The Morgan fingerprint density at radius 1 is 1.00 bits per heavy atom. The summed E-state index contributed by atoms with van der Waals surface area (Å²) in [7, 11) is 0. The summed E-state index contributed by atoms with van der Waals surface area (Å²) in [6.45, 7) is 5.72. The third-order valence-corrected chi connectivity index (χ3v) is 4.34. The van der Waals surface area contributed by atoms with E-state index in [0.717, 1.165) is 11.1 Å². The molecule has 0 saturated carbocycles. The van der Waals surface area contributed by atoms with Gasteiger partial charge in [-0.15, -0.1) is 0 Å². The zero-order chi connectivity index (χ0) is 17.3. The van der Waals surface area contributed by atoms with Crippen molar-refractivity contribution in [2.45, 2.75) is 20.8 Å². The van der Waals surface area contributed by atoms with Gasteiger partial charge in [-0.1, -0.05) is 41.4 Å². The first-order valence-electron chi connectivity index (χ1n) is 7.69. The van der Waals surface area contributed by atoms with Crippen molar-refractivity contribution in [2.24, 2.45) is 0 Å². The van der Waals surface area contributed by atoms with Crippen molar-refractivity contribution in [3.63, 3.8) is 0 Å². The lowest BCUT2D eigenvalue weighted by Gasteiger charge is -2.06. The van der Waals surface area contributed by atoms with Crippen molar-refractivity contribution in [3.05, 3.63) is 76.0 Å². The van der Waals surface area contributed by atoms with E-state index < -0.39 is 0 Å². The maximum absolute atomic E-state index is 12.5. The third kappa shape index (κ3) is 3.36. The van der Waals surface area contributed by atoms with E-state index in [2.05, 4.69) is 5.32 Å². The predicted molar refractivity (Wildman–Crippen MR) is 97.8 cm³/mol. The van der Waals surface area contributed by atoms with Crippen LogP contribution in [0.15, 0.2) is 52.9 Å². The maximum atomic E-state index is 12.5. The summed E-state index contributed by atoms with van der Waals surface area (Å²) in [5, 5.41) is 3.56. The van der Waals surface area contributed by atoms with Crippen molar-refractivity contribution in [1.82, 2.24) is 0 Å². The van der Waals surface area contributed by atoms with Crippen molar-refractivity contribution in [2.75, 3.05) is 5.32 Å². The van der Waals surface area contributed by atoms with Crippen LogP contribution in [0.2, 0.25) is 5.02 Å². The Bertz CT molecular complexity index is 895. The van der Waals surface area contributed by atoms with E-state index in [1.54, 1.807) is 25.1 Å². The van der Waals surface area contributed by atoms with Gasteiger partial charge < -0.3 is 9.73 Å². The Balaban J connectivity index is 1.85. The average Bonchev–Trinajstić information content (AvgIpc) is 2.93. The molecule has 0 atom stereocenters. The zero-order valence-corrected chi connectivity index (χ0v) is 14.6. The molecule has 4 heteroatoms. The van der Waals surface area contributed by atoms with Crippen molar-refractivity contribution in [1.29, 1.82) is 0 Å². The first kappa shape index (κ1) is 16.3. The fraction of sp³-hybridized carbons (Fsp3) is 0.150. The summed E-state index contributed by atoms with van der Waals surface area (Å²) < 4.78 is 5.76. The molecule has 3 rings (SSSR count). The number of furan rings is 1. The highest BCUT2D eigenvalue weighted by molar-refractivity contribution is 6.31. The number of nitrogens with one attached hydrogen (secondary N) is 1. The molecule has 2 aromatic carbocycles. The van der Waals surface area contributed by atoms with Crippen LogP contribution in [-0.4, -0.2) is 5.91 Å².